The summed E-state index contributed by atoms with van der Waals surface area (Å²) in [5.41, 5.74) is 17.3. The molecule has 6 rings (SSSR count). The first kappa shape index (κ1) is 41.4. The zero-order valence-electron chi connectivity index (χ0n) is 29.7. The van der Waals surface area contributed by atoms with E-state index in [0.717, 1.165) is 12.1 Å². The smallest absolute Gasteiger partial charge is 0.296 e. The normalized spacial score (nSPS) is 12.6. The van der Waals surface area contributed by atoms with Gasteiger partial charge in [-0.25, -0.2) is 8.42 Å². The molecule has 0 radical (unpaired) electrons. The number of azo groups is 3. The lowest BCUT2D eigenvalue weighted by Crippen LogP contribution is -2.04. The van der Waals surface area contributed by atoms with Gasteiger partial charge in [-0.3, -0.25) is 19.2 Å². The number of nitro groups is 1. The molecule has 0 heterocycles. The van der Waals surface area contributed by atoms with E-state index in [1.165, 1.54) is 36.4 Å². The van der Waals surface area contributed by atoms with Gasteiger partial charge < -0.3 is 22.3 Å². The SMILES string of the molecule is Nc1ccc(N=Nc2ccc(CS(=O)(=O)c3ccc(N=Nc4c(S(=O)(=O)O)cc5cc(S(=O)(=O)O)c(N=Nc6ccc([N+](=O)[O-])cc6)c(N)c5c4O)cc3)cc2)c(N)c1. The summed E-state index contributed by atoms with van der Waals surface area (Å²) in [4.78, 5) is 8.18. The first-order valence-electron chi connectivity index (χ1n) is 16.3. The van der Waals surface area contributed by atoms with Crippen molar-refractivity contribution in [2.45, 2.75) is 20.4 Å². The molecule has 302 valence electrons. The van der Waals surface area contributed by atoms with Crippen LogP contribution in [0.1, 0.15) is 5.56 Å². The number of anilines is 3. The Balaban J connectivity index is 1.29. The van der Waals surface area contributed by atoms with E-state index in [1.807, 2.05) is 0 Å². The zero-order chi connectivity index (χ0) is 42.9. The van der Waals surface area contributed by atoms with Crippen LogP contribution in [0.25, 0.3) is 10.8 Å². The minimum atomic E-state index is -5.21. The third-order valence-electron chi connectivity index (χ3n) is 8.28. The zero-order valence-corrected chi connectivity index (χ0v) is 32.2. The van der Waals surface area contributed by atoms with Crippen molar-refractivity contribution in [3.8, 4) is 5.75 Å². The number of phenols is 1. The van der Waals surface area contributed by atoms with Gasteiger partial charge in [-0.1, -0.05) is 12.1 Å². The summed E-state index contributed by atoms with van der Waals surface area (Å²) in [6.07, 6.45) is 0. The summed E-state index contributed by atoms with van der Waals surface area (Å²) in [6, 6.07) is 21.9. The summed E-state index contributed by atoms with van der Waals surface area (Å²) in [7, 11) is -14.3. The lowest BCUT2D eigenvalue weighted by molar-refractivity contribution is -0.384. The first-order chi connectivity index (χ1) is 27.7. The van der Waals surface area contributed by atoms with Gasteiger partial charge in [0.25, 0.3) is 25.9 Å². The predicted molar refractivity (Wildman–Crippen MR) is 214 cm³/mol. The van der Waals surface area contributed by atoms with Crippen LogP contribution in [0, 0.1) is 10.1 Å². The van der Waals surface area contributed by atoms with Crippen molar-refractivity contribution in [1.29, 1.82) is 0 Å². The third kappa shape index (κ3) is 9.32. The summed E-state index contributed by atoms with van der Waals surface area (Å²) < 4.78 is 96.0. The molecule has 0 amide bonds. The van der Waals surface area contributed by atoms with Gasteiger partial charge in [-0.15, -0.1) is 15.3 Å². The van der Waals surface area contributed by atoms with Gasteiger partial charge in [0.2, 0.25) is 0 Å². The Morgan fingerprint density at radius 1 is 0.610 bits per heavy atom. The van der Waals surface area contributed by atoms with Gasteiger partial charge >= 0.3 is 0 Å². The van der Waals surface area contributed by atoms with E-state index < -0.39 is 84.1 Å². The minimum Gasteiger partial charge on any atom is -0.505 e. The van der Waals surface area contributed by atoms with Gasteiger partial charge in [0, 0.05) is 17.8 Å². The fourth-order valence-electron chi connectivity index (χ4n) is 5.42. The maximum Gasteiger partial charge on any atom is 0.296 e. The topological polar surface area (TPSA) is 358 Å². The van der Waals surface area contributed by atoms with E-state index in [2.05, 4.69) is 30.7 Å². The summed E-state index contributed by atoms with van der Waals surface area (Å²) >= 11 is 0. The van der Waals surface area contributed by atoms with Crippen molar-refractivity contribution in [1.82, 2.24) is 0 Å². The summed E-state index contributed by atoms with van der Waals surface area (Å²) in [5.74, 6) is -1.42. The van der Waals surface area contributed by atoms with Crippen LogP contribution in [0.2, 0.25) is 0 Å². The Kier molecular flexibility index (Phi) is 11.2. The first-order valence-corrected chi connectivity index (χ1v) is 20.9. The molecule has 9 N–H and O–H groups in total. The molecule has 0 aromatic heterocycles. The van der Waals surface area contributed by atoms with Crippen LogP contribution in [-0.4, -0.2) is 44.4 Å². The van der Waals surface area contributed by atoms with Gasteiger partial charge in [0.1, 0.15) is 26.9 Å². The number of nitro benzene ring substituents is 1. The maximum atomic E-state index is 13.2. The van der Waals surface area contributed by atoms with E-state index in [0.29, 0.717) is 40.4 Å². The van der Waals surface area contributed by atoms with E-state index in [1.54, 1.807) is 42.5 Å². The van der Waals surface area contributed by atoms with Crippen molar-refractivity contribution < 1.29 is 44.4 Å². The van der Waals surface area contributed by atoms with Crippen LogP contribution in [0.4, 0.5) is 56.9 Å². The van der Waals surface area contributed by atoms with Crippen molar-refractivity contribution >= 4 is 97.7 Å². The molecule has 0 saturated carbocycles. The number of nitrogens with zero attached hydrogens (tertiary/aromatic N) is 7. The number of rotatable bonds is 12. The molecule has 0 aliphatic carbocycles. The summed E-state index contributed by atoms with van der Waals surface area (Å²) in [6.45, 7) is 0. The number of hydrogen-bond donors (Lipinski definition) is 6. The highest BCUT2D eigenvalue weighted by atomic mass is 32.2. The molecule has 0 fully saturated rings. The van der Waals surface area contributed by atoms with Crippen LogP contribution < -0.4 is 17.2 Å². The molecule has 59 heavy (non-hydrogen) atoms. The quantitative estimate of drug-likeness (QED) is 0.0224. The average Bonchev–Trinajstić information content (AvgIpc) is 3.16. The summed E-state index contributed by atoms with van der Waals surface area (Å²) in [5, 5.41) is 44.9. The molecule has 6 aromatic carbocycles. The second kappa shape index (κ2) is 15.9. The van der Waals surface area contributed by atoms with E-state index in [-0.39, 0.29) is 22.0 Å². The second-order valence-corrected chi connectivity index (χ2v) is 17.1. The van der Waals surface area contributed by atoms with Crippen molar-refractivity contribution in [2.24, 2.45) is 30.7 Å². The molecule has 21 nitrogen and oxygen atoms in total. The number of nitrogens with two attached hydrogens (primary N) is 3. The van der Waals surface area contributed by atoms with Gasteiger partial charge in [0.15, 0.2) is 15.6 Å². The minimum absolute atomic E-state index is 0.00824. The predicted octanol–water partition coefficient (Wildman–Crippen LogP) is 7.91. The molecular formula is C35H28N10O11S3. The highest BCUT2D eigenvalue weighted by Gasteiger charge is 2.28. The highest BCUT2D eigenvalue weighted by Crippen LogP contribution is 2.48. The van der Waals surface area contributed by atoms with Crippen LogP contribution >= 0.6 is 0 Å². The maximum absolute atomic E-state index is 13.2. The monoisotopic (exact) mass is 860 g/mol. The fraction of sp³-hybridized carbons (Fsp3) is 0.0286. The second-order valence-electron chi connectivity index (χ2n) is 12.4. The molecule has 6 aromatic rings. The molecule has 0 saturated heterocycles. The Bertz CT molecular complexity index is 3090. The molecule has 0 aliphatic rings. The van der Waals surface area contributed by atoms with Crippen molar-refractivity contribution in [3.63, 3.8) is 0 Å². The number of fused-ring (bicyclic) bond motifs is 1. The molecule has 0 spiro atoms. The van der Waals surface area contributed by atoms with Crippen LogP contribution in [0.3, 0.4) is 0 Å². The van der Waals surface area contributed by atoms with Gasteiger partial charge in [-0.05, 0) is 89.8 Å². The number of aromatic hydroxyl groups is 1. The van der Waals surface area contributed by atoms with Gasteiger partial charge in [-0.2, -0.15) is 32.2 Å². The van der Waals surface area contributed by atoms with Crippen LogP contribution in [-0.2, 0) is 35.8 Å². The van der Waals surface area contributed by atoms with Crippen LogP contribution in [0.5, 0.6) is 5.75 Å². The Labute approximate surface area is 333 Å². The molecule has 0 unspecified atom stereocenters. The molecule has 0 aliphatic heterocycles. The molecule has 0 bridgehead atoms. The number of phenolic OH excluding ortho intramolecular Hbond substituents is 1. The number of non-ortho nitro benzene ring substituents is 1. The van der Waals surface area contributed by atoms with E-state index in [9.17, 15) is 49.6 Å². The van der Waals surface area contributed by atoms with E-state index >= 15 is 0 Å². The van der Waals surface area contributed by atoms with E-state index in [4.69, 9.17) is 17.2 Å². The average molecular weight is 861 g/mol. The Morgan fingerprint density at radius 2 is 1.10 bits per heavy atom. The Hall–Kier alpha value is -7.25. The highest BCUT2D eigenvalue weighted by molar-refractivity contribution is 7.90. The lowest BCUT2D eigenvalue weighted by atomic mass is 10.1. The molecular weight excluding hydrogens is 833 g/mol. The molecule has 24 heteroatoms. The standard InChI is InChI=1S/C35H28N10O11S3/c36-21-3-14-28(27(37)17-21)42-39-22-4-1-19(2-5-22)18-57(49,50)26-12-8-24(9-13-26)41-44-34-30(59(54,55)56)16-20-15-29(58(51,52)53)33(32(38)31(20)35(34)46)43-40-23-6-10-25(11-7-23)45(47)48/h1-17,46H,18,36-38H2,(H,51,52,53)(H,54,55,56). The van der Waals surface area contributed by atoms with Gasteiger partial charge in [0.05, 0.1) is 49.4 Å². The Morgan fingerprint density at radius 3 is 1.63 bits per heavy atom. The number of nitrogen functional groups attached to an aromatic ring is 3. The molecule has 0 atom stereocenters. The number of sulfone groups is 1. The number of hydrogen-bond acceptors (Lipinski definition) is 18. The van der Waals surface area contributed by atoms with Crippen LogP contribution in [0.15, 0.2) is 149 Å². The number of benzene rings is 6. The third-order valence-corrected chi connectivity index (χ3v) is 11.7. The van der Waals surface area contributed by atoms with Crippen molar-refractivity contribution in [3.05, 3.63) is 119 Å². The fourth-order valence-corrected chi connectivity index (χ4v) is 8.10. The lowest BCUT2D eigenvalue weighted by Gasteiger charge is -2.14. The van der Waals surface area contributed by atoms with Crippen molar-refractivity contribution in [2.75, 3.05) is 17.2 Å². The largest absolute Gasteiger partial charge is 0.505 e.